The number of benzene rings is 4. The van der Waals surface area contributed by atoms with Crippen LogP contribution in [0.5, 0.6) is 5.75 Å². The van der Waals surface area contributed by atoms with E-state index in [0.29, 0.717) is 5.75 Å². The van der Waals surface area contributed by atoms with Crippen molar-refractivity contribution in [1.29, 1.82) is 0 Å². The molecule has 154 valence electrons. The third-order valence-electron chi connectivity index (χ3n) is 5.16. The van der Waals surface area contributed by atoms with E-state index < -0.39 is 0 Å². The van der Waals surface area contributed by atoms with Gasteiger partial charge >= 0.3 is 5.97 Å². The van der Waals surface area contributed by atoms with Crippen LogP contribution in [0.15, 0.2) is 97.1 Å². The summed E-state index contributed by atoms with van der Waals surface area (Å²) in [5, 5.41) is 0. The van der Waals surface area contributed by atoms with Crippen molar-refractivity contribution in [3.05, 3.63) is 108 Å². The third kappa shape index (κ3) is 4.84. The van der Waals surface area contributed by atoms with Gasteiger partial charge in [0.15, 0.2) is 0 Å². The SMILES string of the molecule is CC(=O)Oc1ccc(-c2ccc(N(c3ccc(C)cc3)c3ccc(C)cc3)cc2)cc1. The molecule has 31 heavy (non-hydrogen) atoms. The van der Waals surface area contributed by atoms with Crippen LogP contribution in [0, 0.1) is 13.8 Å². The average molecular weight is 408 g/mol. The molecule has 4 aromatic rings. The van der Waals surface area contributed by atoms with Crippen molar-refractivity contribution in [1.82, 2.24) is 0 Å². The van der Waals surface area contributed by atoms with Gasteiger partial charge in [0.25, 0.3) is 0 Å². The van der Waals surface area contributed by atoms with Crippen LogP contribution >= 0.6 is 0 Å². The van der Waals surface area contributed by atoms with E-state index in [1.165, 1.54) is 18.1 Å². The van der Waals surface area contributed by atoms with Crippen molar-refractivity contribution in [3.63, 3.8) is 0 Å². The zero-order chi connectivity index (χ0) is 21.8. The molecule has 4 aromatic carbocycles. The fraction of sp³-hybridized carbons (Fsp3) is 0.107. The van der Waals surface area contributed by atoms with Gasteiger partial charge in [-0.3, -0.25) is 4.79 Å². The zero-order valence-corrected chi connectivity index (χ0v) is 18.0. The number of rotatable bonds is 5. The lowest BCUT2D eigenvalue weighted by Crippen LogP contribution is -2.09. The highest BCUT2D eigenvalue weighted by Crippen LogP contribution is 2.36. The van der Waals surface area contributed by atoms with E-state index in [9.17, 15) is 4.79 Å². The number of carbonyl (C=O) groups excluding carboxylic acids is 1. The molecule has 0 aliphatic carbocycles. The van der Waals surface area contributed by atoms with E-state index in [0.717, 1.165) is 28.2 Å². The molecule has 0 saturated heterocycles. The van der Waals surface area contributed by atoms with E-state index in [2.05, 4.69) is 91.5 Å². The Labute approximate surface area is 183 Å². The standard InChI is InChI=1S/C28H25NO2/c1-20-4-12-25(13-5-20)29(26-14-6-21(2)7-15-26)27-16-8-23(9-17-27)24-10-18-28(19-11-24)31-22(3)30/h4-19H,1-3H3. The first-order valence-electron chi connectivity index (χ1n) is 10.3. The largest absolute Gasteiger partial charge is 0.427 e. The molecule has 4 rings (SSSR count). The van der Waals surface area contributed by atoms with Gasteiger partial charge in [-0.15, -0.1) is 0 Å². The lowest BCUT2D eigenvalue weighted by atomic mass is 10.0. The van der Waals surface area contributed by atoms with Gasteiger partial charge in [0.2, 0.25) is 0 Å². The summed E-state index contributed by atoms with van der Waals surface area (Å²) in [6, 6.07) is 33.2. The number of hydrogen-bond acceptors (Lipinski definition) is 3. The molecule has 0 aliphatic rings. The smallest absolute Gasteiger partial charge is 0.308 e. The highest BCUT2D eigenvalue weighted by atomic mass is 16.5. The van der Waals surface area contributed by atoms with Crippen LogP contribution in [0.4, 0.5) is 17.1 Å². The van der Waals surface area contributed by atoms with E-state index in [1.807, 2.05) is 24.3 Å². The molecule has 0 heterocycles. The summed E-state index contributed by atoms with van der Waals surface area (Å²) in [6.45, 7) is 5.60. The van der Waals surface area contributed by atoms with Gasteiger partial charge in [-0.2, -0.15) is 0 Å². The second-order valence-corrected chi connectivity index (χ2v) is 7.67. The van der Waals surface area contributed by atoms with Crippen molar-refractivity contribution >= 4 is 23.0 Å². The fourth-order valence-electron chi connectivity index (χ4n) is 3.52. The minimum absolute atomic E-state index is 0.315. The molecule has 0 unspecified atom stereocenters. The molecule has 0 aromatic heterocycles. The molecule has 0 radical (unpaired) electrons. The summed E-state index contributed by atoms with van der Waals surface area (Å²) >= 11 is 0. The van der Waals surface area contributed by atoms with E-state index >= 15 is 0 Å². The second kappa shape index (κ2) is 8.88. The van der Waals surface area contributed by atoms with Crippen LogP contribution in [0.2, 0.25) is 0 Å². The molecule has 0 N–H and O–H groups in total. The Morgan fingerprint density at radius 1 is 0.581 bits per heavy atom. The second-order valence-electron chi connectivity index (χ2n) is 7.67. The summed E-state index contributed by atoms with van der Waals surface area (Å²) in [4.78, 5) is 13.4. The summed E-state index contributed by atoms with van der Waals surface area (Å²) < 4.78 is 5.12. The van der Waals surface area contributed by atoms with Gasteiger partial charge in [-0.05, 0) is 73.5 Å². The molecule has 3 nitrogen and oxygen atoms in total. The minimum Gasteiger partial charge on any atom is -0.427 e. The summed E-state index contributed by atoms with van der Waals surface area (Å²) in [7, 11) is 0. The number of carbonyl (C=O) groups is 1. The number of anilines is 3. The van der Waals surface area contributed by atoms with Crippen LogP contribution in [0.25, 0.3) is 11.1 Å². The van der Waals surface area contributed by atoms with Gasteiger partial charge in [0.1, 0.15) is 5.75 Å². The average Bonchev–Trinajstić information content (AvgIpc) is 2.77. The van der Waals surface area contributed by atoms with Gasteiger partial charge in [0.05, 0.1) is 0 Å². The number of esters is 1. The van der Waals surface area contributed by atoms with Crippen molar-refractivity contribution < 1.29 is 9.53 Å². The van der Waals surface area contributed by atoms with Crippen molar-refractivity contribution in [3.8, 4) is 16.9 Å². The first-order chi connectivity index (χ1) is 15.0. The van der Waals surface area contributed by atoms with Crippen LogP contribution in [0.1, 0.15) is 18.1 Å². The normalized spacial score (nSPS) is 10.5. The Hall–Kier alpha value is -3.85. The van der Waals surface area contributed by atoms with E-state index in [-0.39, 0.29) is 5.97 Å². The Bertz CT molecular complexity index is 1110. The van der Waals surface area contributed by atoms with Gasteiger partial charge in [-0.1, -0.05) is 59.7 Å². The summed E-state index contributed by atoms with van der Waals surface area (Å²) in [6.07, 6.45) is 0. The highest BCUT2D eigenvalue weighted by molar-refractivity contribution is 5.78. The predicted molar refractivity (Wildman–Crippen MR) is 127 cm³/mol. The Kier molecular flexibility index (Phi) is 5.85. The van der Waals surface area contributed by atoms with Gasteiger partial charge < -0.3 is 9.64 Å². The van der Waals surface area contributed by atoms with Gasteiger partial charge in [0, 0.05) is 24.0 Å². The van der Waals surface area contributed by atoms with E-state index in [4.69, 9.17) is 4.74 Å². The van der Waals surface area contributed by atoms with Crippen molar-refractivity contribution in [2.75, 3.05) is 4.90 Å². The Morgan fingerprint density at radius 3 is 1.32 bits per heavy atom. The maximum absolute atomic E-state index is 11.1. The maximum Gasteiger partial charge on any atom is 0.308 e. The molecule has 0 amide bonds. The zero-order valence-electron chi connectivity index (χ0n) is 18.0. The Morgan fingerprint density at radius 2 is 0.935 bits per heavy atom. The first-order valence-corrected chi connectivity index (χ1v) is 10.3. The minimum atomic E-state index is -0.315. The van der Waals surface area contributed by atoms with Crippen molar-refractivity contribution in [2.24, 2.45) is 0 Å². The Balaban J connectivity index is 1.67. The number of nitrogens with zero attached hydrogens (tertiary/aromatic N) is 1. The first kappa shape index (κ1) is 20.4. The molecular formula is C28H25NO2. The van der Waals surface area contributed by atoms with Crippen molar-refractivity contribution in [2.45, 2.75) is 20.8 Å². The molecule has 3 heteroatoms. The highest BCUT2D eigenvalue weighted by Gasteiger charge is 2.12. The molecule has 0 atom stereocenters. The molecule has 0 bridgehead atoms. The predicted octanol–water partition coefficient (Wildman–Crippen LogP) is 7.37. The van der Waals surface area contributed by atoms with Crippen LogP contribution in [-0.4, -0.2) is 5.97 Å². The number of ether oxygens (including phenoxy) is 1. The maximum atomic E-state index is 11.1. The third-order valence-corrected chi connectivity index (χ3v) is 5.16. The quantitative estimate of drug-likeness (QED) is 0.256. The summed E-state index contributed by atoms with van der Waals surface area (Å²) in [5.74, 6) is 0.238. The number of aryl methyl sites for hydroxylation is 2. The lowest BCUT2D eigenvalue weighted by molar-refractivity contribution is -0.131. The molecule has 0 aliphatic heterocycles. The molecule has 0 spiro atoms. The molecule has 0 fully saturated rings. The van der Waals surface area contributed by atoms with Gasteiger partial charge in [-0.25, -0.2) is 0 Å². The fourth-order valence-corrected chi connectivity index (χ4v) is 3.52. The molecule has 0 saturated carbocycles. The van der Waals surface area contributed by atoms with Crippen LogP contribution in [-0.2, 0) is 4.79 Å². The topological polar surface area (TPSA) is 29.5 Å². The number of hydrogen-bond donors (Lipinski definition) is 0. The molecular weight excluding hydrogens is 382 g/mol. The summed E-state index contributed by atoms with van der Waals surface area (Å²) in [5.41, 5.74) is 7.97. The van der Waals surface area contributed by atoms with Crippen LogP contribution < -0.4 is 9.64 Å². The monoisotopic (exact) mass is 407 g/mol. The van der Waals surface area contributed by atoms with E-state index in [1.54, 1.807) is 0 Å². The lowest BCUT2D eigenvalue weighted by Gasteiger charge is -2.26. The van der Waals surface area contributed by atoms with Crippen LogP contribution in [0.3, 0.4) is 0 Å².